The second-order valence-electron chi connectivity index (χ2n) is 5.55. The van der Waals surface area contributed by atoms with Gasteiger partial charge in [-0.25, -0.2) is 0 Å². The minimum atomic E-state index is 0.0936. The molecule has 0 spiro atoms. The van der Waals surface area contributed by atoms with Gasteiger partial charge < -0.3 is 15.4 Å². The van der Waals surface area contributed by atoms with Gasteiger partial charge in [-0.3, -0.25) is 4.79 Å². The van der Waals surface area contributed by atoms with Gasteiger partial charge in [-0.1, -0.05) is 19.9 Å². The number of anilines is 1. The van der Waals surface area contributed by atoms with Crippen molar-refractivity contribution in [2.45, 2.75) is 52.1 Å². The average molecular weight is 290 g/mol. The predicted molar refractivity (Wildman–Crippen MR) is 85.8 cm³/mol. The van der Waals surface area contributed by atoms with Crippen LogP contribution in [-0.4, -0.2) is 25.1 Å². The summed E-state index contributed by atoms with van der Waals surface area (Å²) in [5.41, 5.74) is 7.71. The zero-order valence-electron chi connectivity index (χ0n) is 13.1. The number of hydrogen-bond donors (Lipinski definition) is 1. The van der Waals surface area contributed by atoms with Gasteiger partial charge in [0, 0.05) is 6.42 Å². The third-order valence-electron chi connectivity index (χ3n) is 3.97. The van der Waals surface area contributed by atoms with E-state index < -0.39 is 0 Å². The number of nitrogens with zero attached hydrogens (tertiary/aromatic N) is 1. The van der Waals surface area contributed by atoms with Gasteiger partial charge in [0.15, 0.2) is 0 Å². The summed E-state index contributed by atoms with van der Waals surface area (Å²) in [6.45, 7) is 5.38. The van der Waals surface area contributed by atoms with Gasteiger partial charge >= 0.3 is 0 Å². The number of fused-ring (bicyclic) bond motifs is 1. The van der Waals surface area contributed by atoms with E-state index in [2.05, 4.69) is 19.1 Å². The van der Waals surface area contributed by atoms with Crippen LogP contribution in [0.15, 0.2) is 18.2 Å². The maximum atomic E-state index is 12.2. The summed E-state index contributed by atoms with van der Waals surface area (Å²) in [4.78, 5) is 14.1. The second kappa shape index (κ2) is 7.46. The molecule has 0 saturated heterocycles. The Bertz CT molecular complexity index is 488. The predicted octanol–water partition coefficient (Wildman–Crippen LogP) is 2.88. The van der Waals surface area contributed by atoms with Crippen molar-refractivity contribution >= 4 is 11.6 Å². The molecule has 2 N–H and O–H groups in total. The van der Waals surface area contributed by atoms with Crippen LogP contribution in [0.2, 0.25) is 0 Å². The van der Waals surface area contributed by atoms with Crippen LogP contribution in [0.1, 0.15) is 45.1 Å². The topological polar surface area (TPSA) is 55.6 Å². The quantitative estimate of drug-likeness (QED) is 0.820. The molecule has 2 rings (SSSR count). The molecule has 1 unspecified atom stereocenters. The monoisotopic (exact) mass is 290 g/mol. The van der Waals surface area contributed by atoms with Crippen LogP contribution in [0.3, 0.4) is 0 Å². The van der Waals surface area contributed by atoms with Crippen molar-refractivity contribution in [2.75, 3.05) is 18.0 Å². The van der Waals surface area contributed by atoms with Gasteiger partial charge in [-0.15, -0.1) is 0 Å². The van der Waals surface area contributed by atoms with Gasteiger partial charge in [0.05, 0.1) is 12.2 Å². The molecule has 1 aliphatic heterocycles. The molecule has 0 radical (unpaired) electrons. The molecule has 4 nitrogen and oxygen atoms in total. The van der Waals surface area contributed by atoms with E-state index in [-0.39, 0.29) is 12.0 Å². The van der Waals surface area contributed by atoms with Crippen molar-refractivity contribution in [2.24, 2.45) is 5.73 Å². The summed E-state index contributed by atoms with van der Waals surface area (Å²) < 4.78 is 5.97. The Morgan fingerprint density at radius 2 is 2.19 bits per heavy atom. The number of hydrogen-bond acceptors (Lipinski definition) is 3. The molecule has 21 heavy (non-hydrogen) atoms. The molecule has 1 amide bonds. The van der Waals surface area contributed by atoms with Crippen LogP contribution in [0.5, 0.6) is 5.75 Å². The highest BCUT2D eigenvalue weighted by atomic mass is 16.5. The summed E-state index contributed by atoms with van der Waals surface area (Å²) in [5.74, 6) is 0.995. The largest absolute Gasteiger partial charge is 0.486 e. The highest BCUT2D eigenvalue weighted by Crippen LogP contribution is 2.35. The van der Waals surface area contributed by atoms with Crippen LogP contribution in [0.25, 0.3) is 0 Å². The summed E-state index contributed by atoms with van der Waals surface area (Å²) in [6.07, 6.45) is 4.63. The summed E-state index contributed by atoms with van der Waals surface area (Å²) >= 11 is 0. The van der Waals surface area contributed by atoms with Gasteiger partial charge in [0.2, 0.25) is 5.91 Å². The fourth-order valence-corrected chi connectivity index (χ4v) is 2.66. The lowest BCUT2D eigenvalue weighted by molar-refractivity contribution is -0.118. The first-order valence-electron chi connectivity index (χ1n) is 7.99. The maximum absolute atomic E-state index is 12.2. The van der Waals surface area contributed by atoms with Crippen molar-refractivity contribution in [1.82, 2.24) is 0 Å². The van der Waals surface area contributed by atoms with Gasteiger partial charge in [-0.05, 0) is 49.9 Å². The Hall–Kier alpha value is -1.55. The highest BCUT2D eigenvalue weighted by molar-refractivity contribution is 5.95. The molecule has 1 atom stereocenters. The van der Waals surface area contributed by atoms with Crippen molar-refractivity contribution in [1.29, 1.82) is 0 Å². The number of nitrogens with two attached hydrogens (primary N) is 1. The molecule has 4 heteroatoms. The van der Waals surface area contributed by atoms with Gasteiger partial charge in [-0.2, -0.15) is 0 Å². The first-order chi connectivity index (χ1) is 10.2. The van der Waals surface area contributed by atoms with Crippen LogP contribution in [0.4, 0.5) is 5.69 Å². The molecule has 0 bridgehead atoms. The van der Waals surface area contributed by atoms with Crippen molar-refractivity contribution in [3.63, 3.8) is 0 Å². The number of carbonyl (C=O) groups excluding carboxylic acids is 1. The van der Waals surface area contributed by atoms with Crippen LogP contribution in [0, 0.1) is 0 Å². The third kappa shape index (κ3) is 3.76. The SMILES string of the molecule is CCC(=O)N1CC(CC)Oc2ccc(CCCCN)cc21. The number of benzene rings is 1. The Kier molecular flexibility index (Phi) is 5.62. The molecule has 0 saturated carbocycles. The number of unbranched alkanes of at least 4 members (excludes halogenated alkanes) is 1. The number of aryl methyl sites for hydroxylation is 1. The zero-order chi connectivity index (χ0) is 15.2. The standard InChI is InChI=1S/C17H26N2O2/c1-3-14-12-19(17(20)4-2)15-11-13(7-5-6-10-18)8-9-16(15)21-14/h8-9,11,14H,3-7,10,12,18H2,1-2H3. The highest BCUT2D eigenvalue weighted by Gasteiger charge is 2.28. The minimum absolute atomic E-state index is 0.0936. The summed E-state index contributed by atoms with van der Waals surface area (Å²) in [7, 11) is 0. The normalized spacial score (nSPS) is 17.3. The van der Waals surface area contributed by atoms with Crippen LogP contribution >= 0.6 is 0 Å². The number of amides is 1. The lowest BCUT2D eigenvalue weighted by Crippen LogP contribution is -2.43. The van der Waals surface area contributed by atoms with E-state index in [0.717, 1.165) is 43.7 Å². The minimum Gasteiger partial charge on any atom is -0.486 e. The summed E-state index contributed by atoms with van der Waals surface area (Å²) in [6, 6.07) is 6.21. The molecular weight excluding hydrogens is 264 g/mol. The Morgan fingerprint density at radius 1 is 1.38 bits per heavy atom. The molecule has 1 aromatic carbocycles. The smallest absolute Gasteiger partial charge is 0.226 e. The fourth-order valence-electron chi connectivity index (χ4n) is 2.66. The van der Waals surface area contributed by atoms with E-state index in [0.29, 0.717) is 13.0 Å². The maximum Gasteiger partial charge on any atom is 0.226 e. The van der Waals surface area contributed by atoms with Crippen molar-refractivity contribution in [3.8, 4) is 5.75 Å². The summed E-state index contributed by atoms with van der Waals surface area (Å²) in [5, 5.41) is 0. The first-order valence-corrected chi connectivity index (χ1v) is 7.99. The molecule has 1 aromatic rings. The lowest BCUT2D eigenvalue weighted by Gasteiger charge is -2.35. The van der Waals surface area contributed by atoms with Crippen molar-refractivity contribution < 1.29 is 9.53 Å². The molecule has 116 valence electrons. The van der Waals surface area contributed by atoms with E-state index in [1.807, 2.05) is 17.9 Å². The lowest BCUT2D eigenvalue weighted by atomic mass is 10.0. The molecule has 1 aliphatic rings. The average Bonchev–Trinajstić information content (AvgIpc) is 2.53. The van der Waals surface area contributed by atoms with Crippen LogP contribution < -0.4 is 15.4 Å². The fraction of sp³-hybridized carbons (Fsp3) is 0.588. The number of ether oxygens (including phenoxy) is 1. The van der Waals surface area contributed by atoms with E-state index in [1.54, 1.807) is 0 Å². The number of rotatable bonds is 6. The Labute approximate surface area is 127 Å². The van der Waals surface area contributed by atoms with E-state index in [1.165, 1.54) is 5.56 Å². The van der Waals surface area contributed by atoms with Gasteiger partial charge in [0.1, 0.15) is 11.9 Å². The molecule has 0 aliphatic carbocycles. The Morgan fingerprint density at radius 3 is 2.86 bits per heavy atom. The number of carbonyl (C=O) groups is 1. The molecule has 1 heterocycles. The van der Waals surface area contributed by atoms with Crippen molar-refractivity contribution in [3.05, 3.63) is 23.8 Å². The van der Waals surface area contributed by atoms with Crippen LogP contribution in [-0.2, 0) is 11.2 Å². The van der Waals surface area contributed by atoms with E-state index in [4.69, 9.17) is 10.5 Å². The molecule has 0 fully saturated rings. The second-order valence-corrected chi connectivity index (χ2v) is 5.55. The molecule has 0 aromatic heterocycles. The Balaban J connectivity index is 2.23. The first kappa shape index (κ1) is 15.8. The molecular formula is C17H26N2O2. The third-order valence-corrected chi connectivity index (χ3v) is 3.97. The van der Waals surface area contributed by atoms with E-state index in [9.17, 15) is 4.79 Å². The van der Waals surface area contributed by atoms with Gasteiger partial charge in [0.25, 0.3) is 0 Å². The zero-order valence-corrected chi connectivity index (χ0v) is 13.1. The van der Waals surface area contributed by atoms with E-state index >= 15 is 0 Å².